The number of aromatic nitrogens is 2. The van der Waals surface area contributed by atoms with E-state index in [0.717, 1.165) is 0 Å². The van der Waals surface area contributed by atoms with Crippen molar-refractivity contribution < 1.29 is 0 Å². The van der Waals surface area contributed by atoms with Gasteiger partial charge in [-0.15, -0.1) is 0 Å². The van der Waals surface area contributed by atoms with E-state index in [1.807, 2.05) is 0 Å². The number of aryl methyl sites for hydroxylation is 1. The van der Waals surface area contributed by atoms with Gasteiger partial charge in [0.2, 0.25) is 0 Å². The van der Waals surface area contributed by atoms with Gasteiger partial charge in [-0.25, -0.2) is 0 Å². The summed E-state index contributed by atoms with van der Waals surface area (Å²) in [6.45, 7) is 2.14. The Morgan fingerprint density at radius 2 is 1.19 bits per heavy atom. The first-order valence-corrected chi connectivity index (χ1v) is 10.7. The summed E-state index contributed by atoms with van der Waals surface area (Å²) in [5.74, 6) is 0. The average Bonchev–Trinajstić information content (AvgIpc) is 3.36. The summed E-state index contributed by atoms with van der Waals surface area (Å²) in [7, 11) is 0. The van der Waals surface area contributed by atoms with E-state index in [0.29, 0.717) is 0 Å². The molecule has 0 saturated heterocycles. The van der Waals surface area contributed by atoms with Crippen molar-refractivity contribution in [1.82, 2.24) is 9.97 Å². The van der Waals surface area contributed by atoms with E-state index in [1.54, 1.807) is 0 Å². The van der Waals surface area contributed by atoms with E-state index in [1.165, 1.54) is 71.1 Å². The van der Waals surface area contributed by atoms with E-state index < -0.39 is 0 Å². The molecule has 0 amide bonds. The molecule has 0 saturated carbocycles. The summed E-state index contributed by atoms with van der Waals surface area (Å²) in [4.78, 5) is 7.37. The van der Waals surface area contributed by atoms with Crippen molar-refractivity contribution in [3.63, 3.8) is 0 Å². The van der Waals surface area contributed by atoms with Crippen molar-refractivity contribution in [3.05, 3.63) is 96.6 Å². The maximum atomic E-state index is 3.69. The second kappa shape index (κ2) is 5.99. The fraction of sp³-hybridized carbons (Fsp3) is 0.0345. The molecule has 2 heterocycles. The molecule has 2 N–H and O–H groups in total. The number of nitrogens with one attached hydrogen (secondary N) is 2. The van der Waals surface area contributed by atoms with Crippen molar-refractivity contribution in [3.8, 4) is 11.1 Å². The molecule has 0 bridgehead atoms. The van der Waals surface area contributed by atoms with Gasteiger partial charge in [0.05, 0.1) is 5.52 Å². The van der Waals surface area contributed by atoms with Crippen molar-refractivity contribution >= 4 is 54.4 Å². The van der Waals surface area contributed by atoms with Crippen LogP contribution < -0.4 is 0 Å². The van der Waals surface area contributed by atoms with Crippen molar-refractivity contribution in [2.24, 2.45) is 0 Å². The predicted octanol–water partition coefficient (Wildman–Crippen LogP) is 8.08. The Morgan fingerprint density at radius 1 is 0.516 bits per heavy atom. The molecule has 7 aromatic rings. The summed E-state index contributed by atoms with van der Waals surface area (Å²) in [6.07, 6.45) is 0. The second-order valence-corrected chi connectivity index (χ2v) is 8.46. The zero-order valence-electron chi connectivity index (χ0n) is 17.2. The lowest BCUT2D eigenvalue weighted by molar-refractivity contribution is 1.47. The third-order valence-electron chi connectivity index (χ3n) is 6.61. The van der Waals surface area contributed by atoms with Crippen molar-refractivity contribution in [2.45, 2.75) is 6.92 Å². The van der Waals surface area contributed by atoms with Gasteiger partial charge >= 0.3 is 0 Å². The minimum Gasteiger partial charge on any atom is -0.354 e. The van der Waals surface area contributed by atoms with Gasteiger partial charge < -0.3 is 9.97 Å². The maximum absolute atomic E-state index is 3.69. The third-order valence-corrected chi connectivity index (χ3v) is 6.61. The number of rotatable bonds is 1. The number of benzene rings is 5. The molecule has 0 atom stereocenters. The molecule has 7 rings (SSSR count). The highest BCUT2D eigenvalue weighted by Gasteiger charge is 2.17. The van der Waals surface area contributed by atoms with Gasteiger partial charge in [0.15, 0.2) is 0 Å². The number of fused-ring (bicyclic) bond motifs is 8. The molecule has 31 heavy (non-hydrogen) atoms. The van der Waals surface area contributed by atoms with Gasteiger partial charge in [-0.1, -0.05) is 78.4 Å². The number of hydrogen-bond donors (Lipinski definition) is 2. The molecular weight excluding hydrogens is 376 g/mol. The zero-order chi connectivity index (χ0) is 20.5. The smallest absolute Gasteiger partial charge is 0.0545 e. The first kappa shape index (κ1) is 16.7. The van der Waals surface area contributed by atoms with Crippen LogP contribution in [0.25, 0.3) is 65.5 Å². The lowest BCUT2D eigenvalue weighted by Gasteiger charge is -2.11. The van der Waals surface area contributed by atoms with Crippen LogP contribution in [-0.2, 0) is 0 Å². The number of H-pyrrole nitrogens is 2. The standard InChI is InChI=1S/C29H20N2/c1-17-10-12-18(13-11-17)27-20-14-15-21-19-6-2-4-8-24(19)31-29(21)23(20)16-26-28(27)22-7-3-5-9-25(22)30-26/h2-16,30-31H,1H3. The van der Waals surface area contributed by atoms with Crippen molar-refractivity contribution in [2.75, 3.05) is 0 Å². The van der Waals surface area contributed by atoms with Crippen LogP contribution in [0.5, 0.6) is 0 Å². The second-order valence-electron chi connectivity index (χ2n) is 8.46. The molecule has 0 aliphatic heterocycles. The fourth-order valence-electron chi connectivity index (χ4n) is 5.15. The fourth-order valence-corrected chi connectivity index (χ4v) is 5.15. The summed E-state index contributed by atoms with van der Waals surface area (Å²) in [5, 5.41) is 7.64. The van der Waals surface area contributed by atoms with Crippen molar-refractivity contribution in [1.29, 1.82) is 0 Å². The molecule has 2 aromatic heterocycles. The molecule has 0 aliphatic rings. The Kier molecular flexibility index (Phi) is 3.23. The van der Waals surface area contributed by atoms with Gasteiger partial charge in [-0.2, -0.15) is 0 Å². The predicted molar refractivity (Wildman–Crippen MR) is 133 cm³/mol. The van der Waals surface area contributed by atoms with Crippen LogP contribution in [0, 0.1) is 6.92 Å². The van der Waals surface area contributed by atoms with Crippen LogP contribution in [0.3, 0.4) is 0 Å². The lowest BCUT2D eigenvalue weighted by Crippen LogP contribution is -1.86. The molecule has 0 fully saturated rings. The first-order chi connectivity index (χ1) is 15.3. The minimum absolute atomic E-state index is 1.18. The number of hydrogen-bond acceptors (Lipinski definition) is 0. The topological polar surface area (TPSA) is 31.6 Å². The molecule has 2 heteroatoms. The maximum Gasteiger partial charge on any atom is 0.0545 e. The normalized spacial score (nSPS) is 12.0. The van der Waals surface area contributed by atoms with Crippen LogP contribution in [0.1, 0.15) is 5.56 Å². The van der Waals surface area contributed by atoms with E-state index in [4.69, 9.17) is 0 Å². The monoisotopic (exact) mass is 396 g/mol. The van der Waals surface area contributed by atoms with Crippen LogP contribution >= 0.6 is 0 Å². The molecule has 5 aromatic carbocycles. The van der Waals surface area contributed by atoms with Crippen LogP contribution in [0.2, 0.25) is 0 Å². The largest absolute Gasteiger partial charge is 0.354 e. The average molecular weight is 396 g/mol. The Bertz CT molecular complexity index is 1780. The lowest BCUT2D eigenvalue weighted by atomic mass is 9.92. The van der Waals surface area contributed by atoms with Gasteiger partial charge in [-0.05, 0) is 41.6 Å². The van der Waals surface area contributed by atoms with Gasteiger partial charge in [0.1, 0.15) is 0 Å². The molecule has 0 aliphatic carbocycles. The highest BCUT2D eigenvalue weighted by Crippen LogP contribution is 2.43. The van der Waals surface area contributed by atoms with Gasteiger partial charge in [-0.3, -0.25) is 0 Å². The van der Waals surface area contributed by atoms with Crippen LogP contribution in [0.4, 0.5) is 0 Å². The highest BCUT2D eigenvalue weighted by atomic mass is 14.7. The van der Waals surface area contributed by atoms with Crippen LogP contribution in [-0.4, -0.2) is 9.97 Å². The number of para-hydroxylation sites is 2. The van der Waals surface area contributed by atoms with Crippen LogP contribution in [0.15, 0.2) is 91.0 Å². The molecule has 0 unspecified atom stereocenters. The quantitative estimate of drug-likeness (QED) is 0.281. The summed E-state index contributed by atoms with van der Waals surface area (Å²) >= 11 is 0. The van der Waals surface area contributed by atoms with E-state index in [-0.39, 0.29) is 0 Å². The molecular formula is C29H20N2. The minimum atomic E-state index is 1.18. The molecule has 2 nitrogen and oxygen atoms in total. The molecule has 0 spiro atoms. The summed E-state index contributed by atoms with van der Waals surface area (Å²) in [6, 6.07) is 33.0. The van der Waals surface area contributed by atoms with E-state index in [9.17, 15) is 0 Å². The van der Waals surface area contributed by atoms with E-state index in [2.05, 4.69) is 108 Å². The Labute approximate surface area is 179 Å². The Hall–Kier alpha value is -4.04. The first-order valence-electron chi connectivity index (χ1n) is 10.7. The molecule has 146 valence electrons. The Balaban J connectivity index is 1.74. The van der Waals surface area contributed by atoms with E-state index >= 15 is 0 Å². The summed E-state index contributed by atoms with van der Waals surface area (Å²) < 4.78 is 0. The third kappa shape index (κ3) is 2.27. The zero-order valence-corrected chi connectivity index (χ0v) is 17.2. The number of aromatic amines is 2. The van der Waals surface area contributed by atoms with Gasteiger partial charge in [0, 0.05) is 43.5 Å². The SMILES string of the molecule is Cc1ccc(-c2c3ccc4c5ccccc5[nH]c4c3cc3[nH]c4ccccc4c23)cc1. The Morgan fingerprint density at radius 3 is 2.00 bits per heavy atom. The molecule has 0 radical (unpaired) electrons. The highest BCUT2D eigenvalue weighted by molar-refractivity contribution is 6.27. The summed E-state index contributed by atoms with van der Waals surface area (Å²) in [5.41, 5.74) is 8.56. The van der Waals surface area contributed by atoms with Gasteiger partial charge in [0.25, 0.3) is 0 Å².